The van der Waals surface area contributed by atoms with Crippen LogP contribution in [0.2, 0.25) is 0 Å². The van der Waals surface area contributed by atoms with Gasteiger partial charge in [0.2, 0.25) is 5.91 Å². The summed E-state index contributed by atoms with van der Waals surface area (Å²) in [7, 11) is 0. The number of hydrogen-bond donors (Lipinski definition) is 1. The van der Waals surface area contributed by atoms with Gasteiger partial charge in [0.1, 0.15) is 10.5 Å². The summed E-state index contributed by atoms with van der Waals surface area (Å²) in [4.78, 5) is 24.1. The van der Waals surface area contributed by atoms with E-state index in [2.05, 4.69) is 56.8 Å². The lowest BCUT2D eigenvalue weighted by atomic mass is 9.88. The minimum Gasteiger partial charge on any atom is -0.369 e. The van der Waals surface area contributed by atoms with E-state index in [0.29, 0.717) is 0 Å². The number of amides is 1. The van der Waals surface area contributed by atoms with Crippen molar-refractivity contribution < 1.29 is 4.79 Å². The van der Waals surface area contributed by atoms with Crippen molar-refractivity contribution in [3.8, 4) is 27.1 Å². The van der Waals surface area contributed by atoms with Gasteiger partial charge in [0.25, 0.3) is 0 Å². The van der Waals surface area contributed by atoms with Crippen molar-refractivity contribution in [2.24, 2.45) is 5.92 Å². The van der Waals surface area contributed by atoms with Gasteiger partial charge < -0.3 is 10.2 Å². The summed E-state index contributed by atoms with van der Waals surface area (Å²) in [5.41, 5.74) is 3.14. The molecule has 1 saturated heterocycles. The second-order valence-electron chi connectivity index (χ2n) is 10.1. The zero-order chi connectivity index (χ0) is 25.7. The molecule has 2 aliphatic carbocycles. The summed E-state index contributed by atoms with van der Waals surface area (Å²) in [6, 6.07) is 15.0. The van der Waals surface area contributed by atoms with Gasteiger partial charge in [0.15, 0.2) is 0 Å². The van der Waals surface area contributed by atoms with Gasteiger partial charge in [0, 0.05) is 54.1 Å². The molecule has 3 aromatic rings. The molecule has 37 heavy (non-hydrogen) atoms. The third-order valence-corrected chi connectivity index (χ3v) is 9.48. The Labute approximate surface area is 227 Å². The molecule has 3 heterocycles. The van der Waals surface area contributed by atoms with Gasteiger partial charge in [-0.3, -0.25) is 9.78 Å². The Bertz CT molecular complexity index is 1220. The van der Waals surface area contributed by atoms with E-state index in [0.717, 1.165) is 67.4 Å². The molecule has 1 amide bonds. The monoisotopic (exact) mass is 531 g/mol. The molecule has 1 aliphatic heterocycles. The molecular weight excluding hydrogens is 498 g/mol. The van der Waals surface area contributed by atoms with Crippen LogP contribution in [0.15, 0.2) is 55.0 Å². The first-order valence-electron chi connectivity index (χ1n) is 13.1. The lowest BCUT2D eigenvalue weighted by molar-refractivity contribution is -0.126. The van der Waals surface area contributed by atoms with Crippen LogP contribution < -0.4 is 10.2 Å². The van der Waals surface area contributed by atoms with E-state index in [4.69, 9.17) is 5.26 Å². The Hall–Kier alpha value is -2.89. The molecule has 1 N–H and O–H groups in total. The van der Waals surface area contributed by atoms with Crippen molar-refractivity contribution in [1.82, 2.24) is 15.3 Å². The number of thioether (sulfide) groups is 1. The Balaban J connectivity index is 0.000000171. The highest BCUT2D eigenvalue weighted by Gasteiger charge is 2.45. The van der Waals surface area contributed by atoms with Crippen LogP contribution in [0.5, 0.6) is 0 Å². The van der Waals surface area contributed by atoms with Gasteiger partial charge in [-0.15, -0.1) is 11.3 Å². The summed E-state index contributed by atoms with van der Waals surface area (Å²) in [5, 5.41) is 13.5. The predicted octanol–water partition coefficient (Wildman–Crippen LogP) is 6.16. The molecule has 2 aromatic heterocycles. The average Bonchev–Trinajstić information content (AvgIpc) is 3.53. The molecule has 6 nitrogen and oxygen atoms in total. The molecule has 6 rings (SSSR count). The molecule has 0 atom stereocenters. The molecule has 0 spiro atoms. The largest absolute Gasteiger partial charge is 0.369 e. The lowest BCUT2D eigenvalue weighted by Gasteiger charge is -2.40. The van der Waals surface area contributed by atoms with E-state index in [1.165, 1.54) is 22.5 Å². The Morgan fingerprint density at radius 3 is 2.49 bits per heavy atom. The summed E-state index contributed by atoms with van der Waals surface area (Å²) < 4.78 is 0. The number of nitrogens with zero attached hydrogens (tertiary/aromatic N) is 4. The third kappa shape index (κ3) is 6.34. The molecule has 0 unspecified atom stereocenters. The number of pyridine rings is 1. The number of hydrogen-bond acceptors (Lipinski definition) is 7. The molecule has 1 aromatic carbocycles. The van der Waals surface area contributed by atoms with Crippen molar-refractivity contribution >= 4 is 34.7 Å². The zero-order valence-corrected chi connectivity index (χ0v) is 22.9. The second kappa shape index (κ2) is 11.7. The molecule has 192 valence electrons. The van der Waals surface area contributed by atoms with Crippen LogP contribution in [0.25, 0.3) is 21.0 Å². The SMILES string of the molecule is CSC1CN(c2ccc(-c3cnc(-c4cccnc4)s3)cc2)C1.N#CC1(NC(=O)C2CCCCC2)CC1. The van der Waals surface area contributed by atoms with Crippen molar-refractivity contribution in [2.45, 2.75) is 55.7 Å². The first-order valence-corrected chi connectivity index (χ1v) is 15.2. The Morgan fingerprint density at radius 1 is 1.11 bits per heavy atom. The topological polar surface area (TPSA) is 81.9 Å². The third-order valence-electron chi connectivity index (χ3n) is 7.41. The fraction of sp³-hybridized carbons (Fsp3) is 0.448. The van der Waals surface area contributed by atoms with Crippen LogP contribution in [0.4, 0.5) is 5.69 Å². The summed E-state index contributed by atoms with van der Waals surface area (Å²) in [6.07, 6.45) is 15.1. The van der Waals surface area contributed by atoms with E-state index in [1.54, 1.807) is 17.5 Å². The number of rotatable bonds is 6. The quantitative estimate of drug-likeness (QED) is 0.410. The molecule has 0 radical (unpaired) electrons. The van der Waals surface area contributed by atoms with E-state index in [-0.39, 0.29) is 11.8 Å². The van der Waals surface area contributed by atoms with Crippen molar-refractivity contribution in [2.75, 3.05) is 24.2 Å². The van der Waals surface area contributed by atoms with Gasteiger partial charge in [-0.05, 0) is 61.8 Å². The van der Waals surface area contributed by atoms with Gasteiger partial charge in [-0.2, -0.15) is 17.0 Å². The highest BCUT2D eigenvalue weighted by Crippen LogP contribution is 2.36. The highest BCUT2D eigenvalue weighted by molar-refractivity contribution is 7.99. The van der Waals surface area contributed by atoms with Crippen LogP contribution in [0, 0.1) is 17.2 Å². The lowest BCUT2D eigenvalue weighted by Crippen LogP contribution is -2.48. The number of anilines is 1. The first-order chi connectivity index (χ1) is 18.1. The summed E-state index contributed by atoms with van der Waals surface area (Å²) in [5.74, 6) is 0.290. The zero-order valence-electron chi connectivity index (χ0n) is 21.2. The minimum atomic E-state index is -0.478. The smallest absolute Gasteiger partial charge is 0.224 e. The van der Waals surface area contributed by atoms with Crippen molar-refractivity contribution in [3.05, 3.63) is 55.0 Å². The number of nitrogens with one attached hydrogen (secondary N) is 1. The number of thiazole rings is 1. The van der Waals surface area contributed by atoms with E-state index < -0.39 is 5.54 Å². The van der Waals surface area contributed by atoms with Crippen LogP contribution >= 0.6 is 23.1 Å². The van der Waals surface area contributed by atoms with Crippen LogP contribution in [-0.2, 0) is 4.79 Å². The minimum absolute atomic E-state index is 0.115. The summed E-state index contributed by atoms with van der Waals surface area (Å²) >= 11 is 3.67. The standard InChI is InChI=1S/C18H17N3S2.C11H16N2O/c1-22-16-11-21(12-16)15-6-4-13(5-7-15)17-10-20-18(23-17)14-3-2-8-19-9-14;12-8-11(6-7-11)13-10(14)9-4-2-1-3-5-9/h2-10,16H,11-12H2,1H3;9H,1-7H2,(H,13,14). The number of carbonyl (C=O) groups is 1. The van der Waals surface area contributed by atoms with Crippen molar-refractivity contribution in [3.63, 3.8) is 0 Å². The highest BCUT2D eigenvalue weighted by atomic mass is 32.2. The van der Waals surface area contributed by atoms with Gasteiger partial charge >= 0.3 is 0 Å². The molecule has 0 bridgehead atoms. The number of benzene rings is 1. The first kappa shape index (κ1) is 25.7. The summed E-state index contributed by atoms with van der Waals surface area (Å²) in [6.45, 7) is 2.32. The predicted molar refractivity (Wildman–Crippen MR) is 153 cm³/mol. The van der Waals surface area contributed by atoms with E-state index >= 15 is 0 Å². The van der Waals surface area contributed by atoms with Crippen LogP contribution in [0.3, 0.4) is 0 Å². The van der Waals surface area contributed by atoms with Gasteiger partial charge in [-0.1, -0.05) is 31.4 Å². The maximum atomic E-state index is 11.8. The molecule has 3 fully saturated rings. The number of carbonyl (C=O) groups excluding carboxylic acids is 1. The Kier molecular flexibility index (Phi) is 8.11. The fourth-order valence-electron chi connectivity index (χ4n) is 4.76. The van der Waals surface area contributed by atoms with Crippen molar-refractivity contribution in [1.29, 1.82) is 5.26 Å². The number of nitriles is 1. The molecule has 2 saturated carbocycles. The van der Waals surface area contributed by atoms with Crippen LogP contribution in [-0.4, -0.2) is 46.0 Å². The molecule has 8 heteroatoms. The van der Waals surface area contributed by atoms with Gasteiger partial charge in [0.05, 0.1) is 10.9 Å². The van der Waals surface area contributed by atoms with Gasteiger partial charge in [-0.25, -0.2) is 4.98 Å². The second-order valence-corrected chi connectivity index (χ2v) is 12.3. The van der Waals surface area contributed by atoms with Crippen LogP contribution in [0.1, 0.15) is 44.9 Å². The molecular formula is C29H33N5OS2. The number of aromatic nitrogens is 2. The van der Waals surface area contributed by atoms with E-state index in [1.807, 2.05) is 36.3 Å². The average molecular weight is 532 g/mol. The maximum Gasteiger partial charge on any atom is 0.224 e. The molecule has 3 aliphatic rings. The maximum absolute atomic E-state index is 11.8. The van der Waals surface area contributed by atoms with E-state index in [9.17, 15) is 4.79 Å². The normalized spacial score (nSPS) is 18.6. The fourth-order valence-corrected chi connectivity index (χ4v) is 6.33. The Morgan fingerprint density at radius 2 is 1.86 bits per heavy atom.